The molecule has 1 saturated heterocycles. The predicted octanol–water partition coefficient (Wildman–Crippen LogP) is 4.09. The topological polar surface area (TPSA) is 40.6 Å². The highest BCUT2D eigenvalue weighted by molar-refractivity contribution is 8.26. The molecule has 4 rings (SSSR count). The maximum Gasteiger partial charge on any atom is 0.267 e. The van der Waals surface area contributed by atoms with Gasteiger partial charge in [0.15, 0.2) is 0 Å². The van der Waals surface area contributed by atoms with Crippen LogP contribution in [-0.2, 0) is 16.1 Å². The van der Waals surface area contributed by atoms with Gasteiger partial charge in [-0.25, -0.2) is 0 Å². The Kier molecular flexibility index (Phi) is 4.34. The van der Waals surface area contributed by atoms with Crippen LogP contribution in [-0.4, -0.2) is 28.1 Å². The van der Waals surface area contributed by atoms with Crippen LogP contribution in [0.5, 0.6) is 0 Å². The van der Waals surface area contributed by atoms with Crippen LogP contribution in [0.3, 0.4) is 0 Å². The van der Waals surface area contributed by atoms with Gasteiger partial charge in [-0.1, -0.05) is 65.9 Å². The van der Waals surface area contributed by atoms with Gasteiger partial charge in [0, 0.05) is 17.6 Å². The van der Waals surface area contributed by atoms with Crippen molar-refractivity contribution in [1.29, 1.82) is 0 Å². The number of hydrogen-bond donors (Lipinski definition) is 0. The molecule has 0 bridgehead atoms. The summed E-state index contributed by atoms with van der Waals surface area (Å²) in [5.74, 6) is -0.415. The van der Waals surface area contributed by atoms with Crippen LogP contribution in [0, 0.1) is 0 Å². The molecule has 4 nitrogen and oxygen atoms in total. The van der Waals surface area contributed by atoms with E-state index in [1.54, 1.807) is 24.1 Å². The van der Waals surface area contributed by atoms with Gasteiger partial charge in [-0.05, 0) is 23.8 Å². The van der Waals surface area contributed by atoms with E-state index in [1.165, 1.54) is 16.7 Å². The molecule has 2 amide bonds. The van der Waals surface area contributed by atoms with Gasteiger partial charge in [0.25, 0.3) is 11.8 Å². The van der Waals surface area contributed by atoms with Gasteiger partial charge in [0.1, 0.15) is 4.32 Å². The third kappa shape index (κ3) is 2.74. The van der Waals surface area contributed by atoms with Crippen LogP contribution in [0.4, 0.5) is 5.69 Å². The zero-order valence-corrected chi connectivity index (χ0v) is 16.1. The lowest BCUT2D eigenvalue weighted by molar-refractivity contribution is -0.122. The van der Waals surface area contributed by atoms with Gasteiger partial charge in [0.05, 0.1) is 22.7 Å². The number of rotatable bonds is 2. The van der Waals surface area contributed by atoms with Crippen molar-refractivity contribution in [2.75, 3.05) is 11.9 Å². The molecule has 0 atom stereocenters. The number of thioether (sulfide) groups is 1. The molecule has 0 N–H and O–H groups in total. The molecule has 0 aromatic heterocycles. The first-order chi connectivity index (χ1) is 12.5. The minimum Gasteiger partial charge on any atom is -0.311 e. The van der Waals surface area contributed by atoms with Crippen molar-refractivity contribution in [2.24, 2.45) is 0 Å². The summed E-state index contributed by atoms with van der Waals surface area (Å²) in [5, 5.41) is 0.637. The van der Waals surface area contributed by atoms with Crippen LogP contribution < -0.4 is 4.90 Å². The number of carbonyl (C=O) groups excluding carboxylic acids is 2. The minimum atomic E-state index is -0.233. The molecule has 130 valence electrons. The smallest absolute Gasteiger partial charge is 0.267 e. The number of thiocarbonyl (C=S) groups is 1. The van der Waals surface area contributed by atoms with Crippen LogP contribution >= 0.6 is 35.6 Å². The van der Waals surface area contributed by atoms with Crippen molar-refractivity contribution >= 4 is 63.0 Å². The maximum atomic E-state index is 13.0. The van der Waals surface area contributed by atoms with Crippen LogP contribution in [0.2, 0.25) is 5.02 Å². The zero-order valence-electron chi connectivity index (χ0n) is 13.7. The van der Waals surface area contributed by atoms with E-state index >= 15 is 0 Å². The van der Waals surface area contributed by atoms with E-state index in [0.717, 1.165) is 16.8 Å². The van der Waals surface area contributed by atoms with E-state index in [-0.39, 0.29) is 11.8 Å². The number of para-hydroxylation sites is 1. The molecular weight excluding hydrogens is 388 g/mol. The van der Waals surface area contributed by atoms with Gasteiger partial charge in [-0.3, -0.25) is 14.5 Å². The summed E-state index contributed by atoms with van der Waals surface area (Å²) in [4.78, 5) is 29.2. The number of nitrogens with zero attached hydrogens (tertiary/aromatic N) is 2. The first kappa shape index (κ1) is 17.3. The van der Waals surface area contributed by atoms with E-state index in [2.05, 4.69) is 0 Å². The lowest BCUT2D eigenvalue weighted by Gasteiger charge is -2.14. The van der Waals surface area contributed by atoms with E-state index in [9.17, 15) is 9.59 Å². The standard InChI is InChI=1S/C19H13ClN2O2S2/c1-21-14-5-3-2-4-13(14)15(17(21)23)16-18(24)22(19(25)26-16)10-11-6-8-12(20)9-7-11/h2-9H,10H2,1H3/b16-15-. The second-order valence-electron chi connectivity index (χ2n) is 5.97. The number of amides is 2. The summed E-state index contributed by atoms with van der Waals surface area (Å²) in [7, 11) is 1.71. The number of fused-ring (bicyclic) bond motifs is 1. The number of likely N-dealkylation sites (N-methyl/N-ethyl adjacent to an activating group) is 1. The number of benzene rings is 2. The number of halogens is 1. The second kappa shape index (κ2) is 6.54. The molecule has 2 aliphatic heterocycles. The Morgan fingerprint density at radius 3 is 2.46 bits per heavy atom. The van der Waals surface area contributed by atoms with Crippen molar-refractivity contribution in [3.63, 3.8) is 0 Å². The Bertz CT molecular complexity index is 985. The average Bonchev–Trinajstić information content (AvgIpc) is 3.05. The fourth-order valence-corrected chi connectivity index (χ4v) is 4.50. The van der Waals surface area contributed by atoms with Crippen LogP contribution in [0.15, 0.2) is 53.4 Å². The third-order valence-corrected chi connectivity index (χ3v) is 6.08. The second-order valence-corrected chi connectivity index (χ2v) is 8.05. The van der Waals surface area contributed by atoms with E-state index in [0.29, 0.717) is 26.4 Å². The van der Waals surface area contributed by atoms with Gasteiger partial charge < -0.3 is 4.90 Å². The highest BCUT2D eigenvalue weighted by Crippen LogP contribution is 2.44. The Morgan fingerprint density at radius 1 is 1.04 bits per heavy atom. The fourth-order valence-electron chi connectivity index (χ4n) is 3.05. The molecule has 2 aliphatic rings. The highest BCUT2D eigenvalue weighted by Gasteiger charge is 2.40. The number of anilines is 1. The highest BCUT2D eigenvalue weighted by atomic mass is 35.5. The predicted molar refractivity (Wildman–Crippen MR) is 109 cm³/mol. The summed E-state index contributed by atoms with van der Waals surface area (Å²) < 4.78 is 0.451. The van der Waals surface area contributed by atoms with Crippen molar-refractivity contribution in [3.8, 4) is 0 Å². The van der Waals surface area contributed by atoms with E-state index in [4.69, 9.17) is 23.8 Å². The summed E-state index contributed by atoms with van der Waals surface area (Å²) in [5.41, 5.74) is 2.92. The molecule has 0 saturated carbocycles. The summed E-state index contributed by atoms with van der Waals surface area (Å²) >= 11 is 12.5. The summed E-state index contributed by atoms with van der Waals surface area (Å²) in [6.07, 6.45) is 0. The first-order valence-electron chi connectivity index (χ1n) is 7.87. The third-order valence-electron chi connectivity index (χ3n) is 4.38. The Morgan fingerprint density at radius 2 is 1.73 bits per heavy atom. The number of carbonyl (C=O) groups is 2. The molecule has 7 heteroatoms. The van der Waals surface area contributed by atoms with Gasteiger partial charge in [0.2, 0.25) is 0 Å². The molecule has 26 heavy (non-hydrogen) atoms. The molecule has 0 unspecified atom stereocenters. The summed E-state index contributed by atoms with van der Waals surface area (Å²) in [6, 6.07) is 14.7. The maximum absolute atomic E-state index is 13.0. The molecule has 2 aromatic carbocycles. The summed E-state index contributed by atoms with van der Waals surface area (Å²) in [6.45, 7) is 0.351. The van der Waals surface area contributed by atoms with Crippen molar-refractivity contribution < 1.29 is 9.59 Å². The monoisotopic (exact) mass is 400 g/mol. The Balaban J connectivity index is 1.72. The number of hydrogen-bond acceptors (Lipinski definition) is 4. The normalized spacial score (nSPS) is 19.5. The van der Waals surface area contributed by atoms with Crippen molar-refractivity contribution in [2.45, 2.75) is 6.54 Å². The molecular formula is C19H13ClN2O2S2. The minimum absolute atomic E-state index is 0.182. The van der Waals surface area contributed by atoms with Gasteiger partial charge in [-0.15, -0.1) is 0 Å². The fraction of sp³-hybridized carbons (Fsp3) is 0.105. The van der Waals surface area contributed by atoms with Crippen LogP contribution in [0.1, 0.15) is 11.1 Å². The lowest BCUT2D eigenvalue weighted by atomic mass is 10.1. The molecule has 0 aliphatic carbocycles. The van der Waals surface area contributed by atoms with Crippen molar-refractivity contribution in [1.82, 2.24) is 4.90 Å². The van der Waals surface area contributed by atoms with Crippen LogP contribution in [0.25, 0.3) is 5.57 Å². The van der Waals surface area contributed by atoms with E-state index in [1.807, 2.05) is 36.4 Å². The molecule has 0 spiro atoms. The largest absolute Gasteiger partial charge is 0.311 e. The van der Waals surface area contributed by atoms with Crippen molar-refractivity contribution in [3.05, 3.63) is 69.6 Å². The zero-order chi connectivity index (χ0) is 18.4. The van der Waals surface area contributed by atoms with Gasteiger partial charge >= 0.3 is 0 Å². The first-order valence-corrected chi connectivity index (χ1v) is 9.47. The Hall–Kier alpha value is -2.15. The quantitative estimate of drug-likeness (QED) is 0.562. The molecule has 2 heterocycles. The average molecular weight is 401 g/mol. The van der Waals surface area contributed by atoms with Gasteiger partial charge in [-0.2, -0.15) is 0 Å². The Labute approximate surface area is 165 Å². The molecule has 1 fully saturated rings. The SMILES string of the molecule is CN1C(=O)/C(=C2\SC(=S)N(Cc3ccc(Cl)cc3)C2=O)c2ccccc21. The molecule has 0 radical (unpaired) electrons. The molecule has 2 aromatic rings. The lowest BCUT2D eigenvalue weighted by Crippen LogP contribution is -2.28. The van der Waals surface area contributed by atoms with E-state index < -0.39 is 0 Å².